The molecule has 104 valence electrons. The van der Waals surface area contributed by atoms with E-state index in [0.717, 1.165) is 5.56 Å². The topological polar surface area (TPSA) is 80.6 Å². The number of ether oxygens (including phenoxy) is 1. The normalized spacial score (nSPS) is 18.6. The predicted octanol–water partition coefficient (Wildman–Crippen LogP) is 1.18. The first-order chi connectivity index (χ1) is 9.72. The monoisotopic (exact) mass is 273 g/mol. The van der Waals surface area contributed by atoms with Crippen molar-refractivity contribution >= 4 is 5.91 Å². The second kappa shape index (κ2) is 5.42. The summed E-state index contributed by atoms with van der Waals surface area (Å²) in [6.07, 6.45) is 0.221. The van der Waals surface area contributed by atoms with Gasteiger partial charge in [0.1, 0.15) is 0 Å². The summed E-state index contributed by atoms with van der Waals surface area (Å²) >= 11 is 0. The minimum absolute atomic E-state index is 0.0734. The Balaban J connectivity index is 1.60. The molecule has 0 saturated carbocycles. The molecule has 2 atom stereocenters. The summed E-state index contributed by atoms with van der Waals surface area (Å²) < 4.78 is 10.1. The first-order valence-corrected chi connectivity index (χ1v) is 6.52. The lowest BCUT2D eigenvalue weighted by Crippen LogP contribution is -2.37. The van der Waals surface area contributed by atoms with E-state index >= 15 is 0 Å². The Morgan fingerprint density at radius 1 is 1.45 bits per heavy atom. The van der Waals surface area contributed by atoms with Gasteiger partial charge in [0.25, 0.3) is 5.91 Å². The van der Waals surface area contributed by atoms with Crippen molar-refractivity contribution in [2.24, 2.45) is 0 Å². The lowest BCUT2D eigenvalue weighted by Gasteiger charge is -2.09. The summed E-state index contributed by atoms with van der Waals surface area (Å²) in [5, 5.41) is 6.79. The van der Waals surface area contributed by atoms with Crippen molar-refractivity contribution in [1.29, 1.82) is 0 Å². The van der Waals surface area contributed by atoms with Crippen LogP contribution in [0.3, 0.4) is 0 Å². The molecular weight excluding hydrogens is 258 g/mol. The van der Waals surface area contributed by atoms with E-state index in [9.17, 15) is 4.79 Å². The summed E-state index contributed by atoms with van der Waals surface area (Å²) in [7, 11) is 0. The van der Waals surface area contributed by atoms with E-state index in [2.05, 4.69) is 15.5 Å². The third-order valence-corrected chi connectivity index (χ3v) is 3.00. The van der Waals surface area contributed by atoms with E-state index in [1.54, 1.807) is 0 Å². The zero-order chi connectivity index (χ0) is 13.9. The number of benzene rings is 1. The molecule has 0 aliphatic carbocycles. The van der Waals surface area contributed by atoms with Gasteiger partial charge in [-0.2, -0.15) is 4.98 Å². The number of hydrogen-bond donors (Lipinski definition) is 1. The van der Waals surface area contributed by atoms with Crippen molar-refractivity contribution in [2.75, 3.05) is 6.61 Å². The molecule has 6 nitrogen and oxygen atoms in total. The molecule has 20 heavy (non-hydrogen) atoms. The number of aromatic nitrogens is 2. The average Bonchev–Trinajstić information content (AvgIpc) is 3.21. The molecule has 1 aliphatic rings. The lowest BCUT2D eigenvalue weighted by atomic mass is 10.2. The molecule has 0 radical (unpaired) electrons. The fourth-order valence-corrected chi connectivity index (χ4v) is 1.89. The van der Waals surface area contributed by atoms with Gasteiger partial charge in [0.2, 0.25) is 11.7 Å². The van der Waals surface area contributed by atoms with Crippen LogP contribution in [0.5, 0.6) is 0 Å². The van der Waals surface area contributed by atoms with Crippen LogP contribution in [0.1, 0.15) is 12.8 Å². The first kappa shape index (κ1) is 12.8. The number of nitrogens with one attached hydrogen (secondary N) is 1. The van der Waals surface area contributed by atoms with E-state index in [1.807, 2.05) is 37.3 Å². The van der Waals surface area contributed by atoms with E-state index < -0.39 is 0 Å². The number of hydrogen-bond acceptors (Lipinski definition) is 5. The van der Waals surface area contributed by atoms with Gasteiger partial charge in [-0.15, -0.1) is 0 Å². The quantitative estimate of drug-likeness (QED) is 0.827. The van der Waals surface area contributed by atoms with Gasteiger partial charge < -0.3 is 14.6 Å². The summed E-state index contributed by atoms with van der Waals surface area (Å²) in [5.41, 5.74) is 0.908. The molecule has 1 N–H and O–H groups in total. The van der Waals surface area contributed by atoms with E-state index in [1.165, 1.54) is 0 Å². The van der Waals surface area contributed by atoms with Gasteiger partial charge in [-0.25, -0.2) is 0 Å². The highest BCUT2D eigenvalue weighted by Gasteiger charge is 2.32. The Bertz CT molecular complexity index is 593. The smallest absolute Gasteiger partial charge is 0.251 e. The molecule has 3 rings (SSSR count). The van der Waals surface area contributed by atoms with E-state index in [0.29, 0.717) is 24.7 Å². The molecule has 2 heterocycles. The van der Waals surface area contributed by atoms with Crippen LogP contribution in [0.25, 0.3) is 11.4 Å². The Morgan fingerprint density at radius 2 is 2.20 bits per heavy atom. The molecule has 1 aromatic carbocycles. The second-order valence-corrected chi connectivity index (χ2v) is 4.81. The molecular formula is C14H15N3O3. The maximum absolute atomic E-state index is 11.5. The molecule has 1 aromatic heterocycles. The highest BCUT2D eigenvalue weighted by molar-refractivity contribution is 5.83. The van der Waals surface area contributed by atoms with E-state index in [-0.39, 0.29) is 18.1 Å². The van der Waals surface area contributed by atoms with Crippen LogP contribution in [0, 0.1) is 0 Å². The third kappa shape index (κ3) is 3.03. The third-order valence-electron chi connectivity index (χ3n) is 3.00. The van der Waals surface area contributed by atoms with Gasteiger partial charge >= 0.3 is 0 Å². The highest BCUT2D eigenvalue weighted by atomic mass is 16.6. The fourth-order valence-electron chi connectivity index (χ4n) is 1.89. The molecule has 1 saturated heterocycles. The lowest BCUT2D eigenvalue weighted by molar-refractivity contribution is -0.122. The minimum atomic E-state index is -0.278. The largest absolute Gasteiger partial charge is 0.363 e. The van der Waals surface area contributed by atoms with Crippen molar-refractivity contribution in [3.8, 4) is 11.4 Å². The van der Waals surface area contributed by atoms with E-state index in [4.69, 9.17) is 9.26 Å². The zero-order valence-corrected chi connectivity index (χ0v) is 11.1. The van der Waals surface area contributed by atoms with Gasteiger partial charge in [-0.1, -0.05) is 35.5 Å². The second-order valence-electron chi connectivity index (χ2n) is 4.81. The van der Waals surface area contributed by atoms with Crippen molar-refractivity contribution in [1.82, 2.24) is 15.5 Å². The van der Waals surface area contributed by atoms with Crippen molar-refractivity contribution < 1.29 is 14.1 Å². The van der Waals surface area contributed by atoms with Gasteiger partial charge in [0, 0.05) is 18.0 Å². The van der Waals surface area contributed by atoms with Crippen LogP contribution in [-0.4, -0.2) is 34.8 Å². The molecule has 0 bridgehead atoms. The Kier molecular flexibility index (Phi) is 3.47. The minimum Gasteiger partial charge on any atom is -0.363 e. The van der Waals surface area contributed by atoms with Gasteiger partial charge in [0.15, 0.2) is 6.10 Å². The Morgan fingerprint density at radius 3 is 2.90 bits per heavy atom. The summed E-state index contributed by atoms with van der Waals surface area (Å²) in [6.45, 7) is 2.41. The first-order valence-electron chi connectivity index (χ1n) is 6.52. The summed E-state index contributed by atoms with van der Waals surface area (Å²) in [4.78, 5) is 15.9. The van der Waals surface area contributed by atoms with Crippen LogP contribution in [0.2, 0.25) is 0 Å². The number of carbonyl (C=O) groups excluding carboxylic acids is 1. The average molecular weight is 273 g/mol. The van der Waals surface area contributed by atoms with Crippen LogP contribution in [0.15, 0.2) is 34.9 Å². The summed E-state index contributed by atoms with van der Waals surface area (Å²) in [5.74, 6) is 0.985. The standard InChI is InChI=1S/C14H15N3O3/c1-9(15-14(18)11-8-19-11)7-12-16-13(17-20-12)10-5-3-2-4-6-10/h2-6,9,11H,7-8H2,1H3,(H,15,18). The molecule has 2 aromatic rings. The van der Waals surface area contributed by atoms with Crippen LogP contribution in [0.4, 0.5) is 0 Å². The van der Waals surface area contributed by atoms with Gasteiger partial charge in [-0.05, 0) is 6.92 Å². The summed E-state index contributed by atoms with van der Waals surface area (Å²) in [6, 6.07) is 9.54. The maximum Gasteiger partial charge on any atom is 0.251 e. The number of epoxide rings is 1. The van der Waals surface area contributed by atoms with Crippen molar-refractivity contribution in [3.05, 3.63) is 36.2 Å². The SMILES string of the molecule is CC(Cc1nc(-c2ccccc2)no1)NC(=O)C1CO1. The number of nitrogens with zero attached hydrogens (tertiary/aromatic N) is 2. The van der Waals surface area contributed by atoms with Crippen molar-refractivity contribution in [2.45, 2.75) is 25.5 Å². The zero-order valence-electron chi connectivity index (χ0n) is 11.1. The number of amides is 1. The van der Waals surface area contributed by atoms with Crippen LogP contribution >= 0.6 is 0 Å². The van der Waals surface area contributed by atoms with Crippen molar-refractivity contribution in [3.63, 3.8) is 0 Å². The highest BCUT2D eigenvalue weighted by Crippen LogP contribution is 2.15. The molecule has 0 spiro atoms. The van der Waals surface area contributed by atoms with Crippen LogP contribution in [-0.2, 0) is 16.0 Å². The molecule has 6 heteroatoms. The van der Waals surface area contributed by atoms with Gasteiger partial charge in [0.05, 0.1) is 6.61 Å². The fraction of sp³-hybridized carbons (Fsp3) is 0.357. The molecule has 1 aliphatic heterocycles. The Labute approximate surface area is 116 Å². The Hall–Kier alpha value is -2.21. The molecule has 2 unspecified atom stereocenters. The molecule has 1 amide bonds. The maximum atomic E-state index is 11.5. The number of carbonyl (C=O) groups is 1. The molecule has 1 fully saturated rings. The predicted molar refractivity (Wildman–Crippen MR) is 70.8 cm³/mol. The van der Waals surface area contributed by atoms with Crippen LogP contribution < -0.4 is 5.32 Å². The number of rotatable bonds is 5. The van der Waals surface area contributed by atoms with Gasteiger partial charge in [-0.3, -0.25) is 4.79 Å².